The zero-order chi connectivity index (χ0) is 16.7. The largest absolute Gasteiger partial charge is 0.467 e. The second kappa shape index (κ2) is 8.69. The zero-order valence-electron chi connectivity index (χ0n) is 14.0. The molecule has 1 fully saturated rings. The molecule has 1 aromatic heterocycles. The standard InChI is InChI=1S/C16H26N4O3/c1-3-17-15(21)12-19-6-8-20(9-7-19)13-16(22)18(2)11-14-5-4-10-23-14/h4-5,10H,3,6-9,11-13H2,1-2H3,(H,17,21). The lowest BCUT2D eigenvalue weighted by atomic mass is 10.3. The highest BCUT2D eigenvalue weighted by Gasteiger charge is 2.21. The van der Waals surface area contributed by atoms with Gasteiger partial charge in [0.25, 0.3) is 0 Å². The van der Waals surface area contributed by atoms with E-state index in [4.69, 9.17) is 4.42 Å². The molecule has 128 valence electrons. The van der Waals surface area contributed by atoms with Gasteiger partial charge in [-0.05, 0) is 19.1 Å². The third-order valence-corrected chi connectivity index (χ3v) is 3.96. The lowest BCUT2D eigenvalue weighted by Crippen LogP contribution is -2.51. The van der Waals surface area contributed by atoms with Crippen molar-refractivity contribution in [3.05, 3.63) is 24.2 Å². The van der Waals surface area contributed by atoms with Crippen molar-refractivity contribution in [3.63, 3.8) is 0 Å². The number of hydrogen-bond donors (Lipinski definition) is 1. The molecule has 0 radical (unpaired) electrons. The van der Waals surface area contributed by atoms with Crippen LogP contribution in [0.2, 0.25) is 0 Å². The number of furan rings is 1. The Balaban J connectivity index is 1.69. The van der Waals surface area contributed by atoms with E-state index < -0.39 is 0 Å². The van der Waals surface area contributed by atoms with E-state index in [-0.39, 0.29) is 11.8 Å². The molecule has 1 aliphatic heterocycles. The first-order valence-electron chi connectivity index (χ1n) is 8.06. The van der Waals surface area contributed by atoms with Gasteiger partial charge in [0.05, 0.1) is 25.9 Å². The first-order valence-corrected chi connectivity index (χ1v) is 8.06. The van der Waals surface area contributed by atoms with E-state index in [0.717, 1.165) is 31.9 Å². The molecule has 2 heterocycles. The SMILES string of the molecule is CCNC(=O)CN1CCN(CC(=O)N(C)Cc2ccco2)CC1. The summed E-state index contributed by atoms with van der Waals surface area (Å²) in [5.74, 6) is 0.932. The van der Waals surface area contributed by atoms with Crippen LogP contribution in [-0.2, 0) is 16.1 Å². The molecule has 23 heavy (non-hydrogen) atoms. The van der Waals surface area contributed by atoms with Gasteiger partial charge in [-0.2, -0.15) is 0 Å². The van der Waals surface area contributed by atoms with Crippen LogP contribution in [0.1, 0.15) is 12.7 Å². The number of amides is 2. The summed E-state index contributed by atoms with van der Waals surface area (Å²) in [4.78, 5) is 29.8. The Morgan fingerprint density at radius 3 is 2.43 bits per heavy atom. The highest BCUT2D eigenvalue weighted by Crippen LogP contribution is 2.06. The molecule has 0 unspecified atom stereocenters. The lowest BCUT2D eigenvalue weighted by Gasteiger charge is -2.34. The molecule has 1 N–H and O–H groups in total. The number of piperazine rings is 1. The summed E-state index contributed by atoms with van der Waals surface area (Å²) in [5.41, 5.74) is 0. The number of likely N-dealkylation sites (N-methyl/N-ethyl adjacent to an activating group) is 2. The van der Waals surface area contributed by atoms with Gasteiger partial charge >= 0.3 is 0 Å². The molecule has 1 aliphatic rings. The Labute approximate surface area is 137 Å². The van der Waals surface area contributed by atoms with Gasteiger partial charge in [-0.25, -0.2) is 0 Å². The van der Waals surface area contributed by atoms with Crippen LogP contribution in [0.25, 0.3) is 0 Å². The van der Waals surface area contributed by atoms with E-state index in [1.54, 1.807) is 18.2 Å². The zero-order valence-corrected chi connectivity index (χ0v) is 14.0. The molecule has 1 aromatic rings. The fraction of sp³-hybridized carbons (Fsp3) is 0.625. The fourth-order valence-corrected chi connectivity index (χ4v) is 2.60. The number of carbonyl (C=O) groups excluding carboxylic acids is 2. The number of rotatable bonds is 7. The Bertz CT molecular complexity index is 495. The van der Waals surface area contributed by atoms with Crippen molar-refractivity contribution in [1.29, 1.82) is 0 Å². The van der Waals surface area contributed by atoms with Crippen LogP contribution in [0.15, 0.2) is 22.8 Å². The van der Waals surface area contributed by atoms with Gasteiger partial charge in [-0.1, -0.05) is 0 Å². The predicted molar refractivity (Wildman–Crippen MR) is 86.7 cm³/mol. The van der Waals surface area contributed by atoms with Gasteiger partial charge in [0, 0.05) is 39.8 Å². The summed E-state index contributed by atoms with van der Waals surface area (Å²) in [6.07, 6.45) is 1.61. The van der Waals surface area contributed by atoms with Gasteiger partial charge in [-0.3, -0.25) is 19.4 Å². The van der Waals surface area contributed by atoms with Crippen LogP contribution in [0.5, 0.6) is 0 Å². The summed E-state index contributed by atoms with van der Waals surface area (Å²) in [6, 6.07) is 3.69. The number of hydrogen-bond acceptors (Lipinski definition) is 5. The van der Waals surface area contributed by atoms with Crippen molar-refractivity contribution in [2.45, 2.75) is 13.5 Å². The maximum Gasteiger partial charge on any atom is 0.236 e. The van der Waals surface area contributed by atoms with Crippen LogP contribution < -0.4 is 5.32 Å². The molecule has 7 heteroatoms. The van der Waals surface area contributed by atoms with Crippen LogP contribution in [0, 0.1) is 0 Å². The molecular weight excluding hydrogens is 296 g/mol. The van der Waals surface area contributed by atoms with E-state index in [0.29, 0.717) is 26.2 Å². The summed E-state index contributed by atoms with van der Waals surface area (Å²) >= 11 is 0. The van der Waals surface area contributed by atoms with Crippen molar-refractivity contribution < 1.29 is 14.0 Å². The molecule has 2 rings (SSSR count). The molecule has 0 aromatic carbocycles. The Kier molecular flexibility index (Phi) is 6.61. The number of nitrogens with zero attached hydrogens (tertiary/aromatic N) is 3. The Morgan fingerprint density at radius 2 is 1.87 bits per heavy atom. The molecule has 7 nitrogen and oxygen atoms in total. The van der Waals surface area contributed by atoms with E-state index in [1.165, 1.54) is 0 Å². The molecule has 1 saturated heterocycles. The highest BCUT2D eigenvalue weighted by molar-refractivity contribution is 5.78. The van der Waals surface area contributed by atoms with Crippen molar-refractivity contribution in [3.8, 4) is 0 Å². The lowest BCUT2D eigenvalue weighted by molar-refractivity contribution is -0.132. The summed E-state index contributed by atoms with van der Waals surface area (Å²) in [5, 5.41) is 2.81. The minimum Gasteiger partial charge on any atom is -0.467 e. The maximum atomic E-state index is 12.2. The molecular formula is C16H26N4O3. The normalized spacial score (nSPS) is 16.3. The molecule has 0 bridgehead atoms. The fourth-order valence-electron chi connectivity index (χ4n) is 2.60. The third kappa shape index (κ3) is 5.69. The van der Waals surface area contributed by atoms with E-state index in [9.17, 15) is 9.59 Å². The second-order valence-electron chi connectivity index (χ2n) is 5.83. The summed E-state index contributed by atoms with van der Waals surface area (Å²) < 4.78 is 5.26. The van der Waals surface area contributed by atoms with Crippen LogP contribution in [0.4, 0.5) is 0 Å². The van der Waals surface area contributed by atoms with Crippen LogP contribution in [0.3, 0.4) is 0 Å². The van der Waals surface area contributed by atoms with Crippen LogP contribution in [-0.4, -0.2) is 79.4 Å². The van der Waals surface area contributed by atoms with Gasteiger partial charge in [0.15, 0.2) is 0 Å². The maximum absolute atomic E-state index is 12.2. The average molecular weight is 322 g/mol. The summed E-state index contributed by atoms with van der Waals surface area (Å²) in [6.45, 7) is 7.15. The molecule has 0 atom stereocenters. The van der Waals surface area contributed by atoms with Crippen molar-refractivity contribution in [2.75, 3.05) is 52.9 Å². The van der Waals surface area contributed by atoms with E-state index >= 15 is 0 Å². The molecule has 0 aliphatic carbocycles. The van der Waals surface area contributed by atoms with Crippen molar-refractivity contribution in [1.82, 2.24) is 20.0 Å². The predicted octanol–water partition coefficient (Wildman–Crippen LogP) is -0.00830. The van der Waals surface area contributed by atoms with Crippen molar-refractivity contribution >= 4 is 11.8 Å². The molecule has 2 amide bonds. The van der Waals surface area contributed by atoms with Gasteiger partial charge in [0.2, 0.25) is 11.8 Å². The Morgan fingerprint density at radius 1 is 1.22 bits per heavy atom. The number of carbonyl (C=O) groups is 2. The van der Waals surface area contributed by atoms with Crippen molar-refractivity contribution in [2.24, 2.45) is 0 Å². The average Bonchev–Trinajstić information content (AvgIpc) is 3.02. The first kappa shape index (κ1) is 17.5. The van der Waals surface area contributed by atoms with E-state index in [1.807, 2.05) is 19.1 Å². The minimum atomic E-state index is 0.0650. The second-order valence-corrected chi connectivity index (χ2v) is 5.83. The van der Waals surface area contributed by atoms with Gasteiger partial charge in [-0.15, -0.1) is 0 Å². The molecule has 0 spiro atoms. The molecule has 0 saturated carbocycles. The smallest absolute Gasteiger partial charge is 0.236 e. The monoisotopic (exact) mass is 322 g/mol. The Hall–Kier alpha value is -1.86. The minimum absolute atomic E-state index is 0.0650. The summed E-state index contributed by atoms with van der Waals surface area (Å²) in [7, 11) is 1.79. The quantitative estimate of drug-likeness (QED) is 0.765. The van der Waals surface area contributed by atoms with E-state index in [2.05, 4.69) is 15.1 Å². The number of nitrogens with one attached hydrogen (secondary N) is 1. The topological polar surface area (TPSA) is 69.0 Å². The third-order valence-electron chi connectivity index (χ3n) is 3.96. The van der Waals surface area contributed by atoms with Gasteiger partial charge in [0.1, 0.15) is 5.76 Å². The van der Waals surface area contributed by atoms with Gasteiger partial charge < -0.3 is 14.6 Å². The first-order chi connectivity index (χ1) is 11.1. The highest BCUT2D eigenvalue weighted by atomic mass is 16.3. The van der Waals surface area contributed by atoms with Crippen LogP contribution >= 0.6 is 0 Å².